The van der Waals surface area contributed by atoms with E-state index in [2.05, 4.69) is 5.32 Å². The maximum Gasteiger partial charge on any atom is 0.273 e. The maximum atomic E-state index is 12.4. The molecule has 0 heterocycles. The van der Waals surface area contributed by atoms with Gasteiger partial charge in [-0.15, -0.1) is 0 Å². The van der Waals surface area contributed by atoms with Crippen LogP contribution in [0.3, 0.4) is 0 Å². The van der Waals surface area contributed by atoms with E-state index in [1.54, 1.807) is 0 Å². The molecule has 0 unspecified atom stereocenters. The molecule has 9 nitrogen and oxygen atoms in total. The minimum Gasteiger partial charge on any atom is -0.494 e. The van der Waals surface area contributed by atoms with Crippen molar-refractivity contribution in [3.63, 3.8) is 0 Å². The Kier molecular flexibility index (Phi) is 4.73. The molecule has 2 aromatic carbocycles. The lowest BCUT2D eigenvalue weighted by Crippen LogP contribution is -2.14. The number of nitrogens with zero attached hydrogens (tertiary/aromatic N) is 2. The normalized spacial score (nSPS) is 10.1. The molecule has 0 radical (unpaired) electrons. The molecule has 0 spiro atoms. The van der Waals surface area contributed by atoms with Crippen LogP contribution in [-0.2, 0) is 0 Å². The number of nitrogens with one attached hydrogen (secondary N) is 1. The first-order valence-corrected chi connectivity index (χ1v) is 6.73. The van der Waals surface area contributed by atoms with Gasteiger partial charge in [-0.2, -0.15) is 0 Å². The summed E-state index contributed by atoms with van der Waals surface area (Å²) < 4.78 is 5.04. The predicted molar refractivity (Wildman–Crippen MR) is 85.4 cm³/mol. The number of amides is 1. The number of anilines is 1. The van der Waals surface area contributed by atoms with Crippen LogP contribution in [-0.4, -0.2) is 22.9 Å². The molecule has 0 fully saturated rings. The van der Waals surface area contributed by atoms with Gasteiger partial charge in [0.05, 0.1) is 28.7 Å². The van der Waals surface area contributed by atoms with E-state index in [0.717, 1.165) is 0 Å². The molecule has 0 aliphatic heterocycles. The van der Waals surface area contributed by atoms with E-state index in [9.17, 15) is 25.0 Å². The van der Waals surface area contributed by atoms with E-state index in [-0.39, 0.29) is 33.9 Å². The third-order valence-electron chi connectivity index (χ3n) is 3.39. The van der Waals surface area contributed by atoms with Crippen LogP contribution in [0.5, 0.6) is 5.75 Å². The molecule has 0 atom stereocenters. The standard InChI is InChI=1S/C15H13N3O6/c1-9-11(4-3-5-13(9)18(22)23)15(19)16-12-7-6-10(17(20)21)8-14(12)24-2/h3-8H,1-2H3,(H,16,19). The van der Waals surface area contributed by atoms with Gasteiger partial charge in [0.2, 0.25) is 0 Å². The van der Waals surface area contributed by atoms with E-state index in [1.165, 1.54) is 50.4 Å². The number of carbonyl (C=O) groups excluding carboxylic acids is 1. The van der Waals surface area contributed by atoms with Crippen molar-refractivity contribution in [2.75, 3.05) is 12.4 Å². The summed E-state index contributed by atoms with van der Waals surface area (Å²) in [6.07, 6.45) is 0. The van der Waals surface area contributed by atoms with Crippen LogP contribution in [0.25, 0.3) is 0 Å². The molecule has 0 aliphatic rings. The Morgan fingerprint density at radius 1 is 1.12 bits per heavy atom. The number of benzene rings is 2. The second kappa shape index (κ2) is 6.73. The second-order valence-electron chi connectivity index (χ2n) is 4.80. The van der Waals surface area contributed by atoms with Crippen molar-refractivity contribution in [1.29, 1.82) is 0 Å². The molecule has 0 aromatic heterocycles. The molecule has 0 bridgehead atoms. The first-order chi connectivity index (χ1) is 11.3. The lowest BCUT2D eigenvalue weighted by Gasteiger charge is -2.11. The third-order valence-corrected chi connectivity index (χ3v) is 3.39. The molecule has 2 rings (SSSR count). The number of hydrogen-bond donors (Lipinski definition) is 1. The monoisotopic (exact) mass is 331 g/mol. The fourth-order valence-electron chi connectivity index (χ4n) is 2.15. The van der Waals surface area contributed by atoms with E-state index < -0.39 is 15.8 Å². The van der Waals surface area contributed by atoms with Gasteiger partial charge < -0.3 is 10.1 Å². The fraction of sp³-hybridized carbons (Fsp3) is 0.133. The molecule has 0 aliphatic carbocycles. The van der Waals surface area contributed by atoms with Crippen molar-refractivity contribution in [2.24, 2.45) is 0 Å². The van der Waals surface area contributed by atoms with Crippen molar-refractivity contribution in [3.05, 3.63) is 67.8 Å². The van der Waals surface area contributed by atoms with Crippen molar-refractivity contribution in [3.8, 4) is 5.75 Å². The van der Waals surface area contributed by atoms with Gasteiger partial charge >= 0.3 is 0 Å². The summed E-state index contributed by atoms with van der Waals surface area (Å²) in [6.45, 7) is 1.47. The Labute approximate surface area is 136 Å². The molecule has 1 N–H and O–H groups in total. The fourth-order valence-corrected chi connectivity index (χ4v) is 2.15. The average Bonchev–Trinajstić information content (AvgIpc) is 2.54. The lowest BCUT2D eigenvalue weighted by atomic mass is 10.1. The number of methoxy groups -OCH3 is 1. The van der Waals surface area contributed by atoms with Gasteiger partial charge in [-0.25, -0.2) is 0 Å². The molecule has 0 saturated heterocycles. The molecular weight excluding hydrogens is 318 g/mol. The second-order valence-corrected chi connectivity index (χ2v) is 4.80. The minimum atomic E-state index is -0.584. The van der Waals surface area contributed by atoms with Gasteiger partial charge in [0.15, 0.2) is 0 Å². The van der Waals surface area contributed by atoms with Crippen LogP contribution < -0.4 is 10.1 Å². The van der Waals surface area contributed by atoms with Crippen LogP contribution in [0.2, 0.25) is 0 Å². The summed E-state index contributed by atoms with van der Waals surface area (Å²) in [5, 5.41) is 24.3. The van der Waals surface area contributed by atoms with Crippen LogP contribution in [0, 0.1) is 27.2 Å². The van der Waals surface area contributed by atoms with Gasteiger partial charge in [-0.05, 0) is 19.1 Å². The number of nitro benzene ring substituents is 2. The summed E-state index contributed by atoms with van der Waals surface area (Å²) in [5.41, 5.74) is 0.221. The maximum absolute atomic E-state index is 12.4. The van der Waals surface area contributed by atoms with Crippen molar-refractivity contribution in [2.45, 2.75) is 6.92 Å². The molecule has 9 heteroatoms. The number of hydrogen-bond acceptors (Lipinski definition) is 6. The number of rotatable bonds is 5. The topological polar surface area (TPSA) is 125 Å². The zero-order chi connectivity index (χ0) is 17.9. The number of ether oxygens (including phenoxy) is 1. The minimum absolute atomic E-state index is 0.112. The summed E-state index contributed by atoms with van der Waals surface area (Å²) in [4.78, 5) is 32.9. The Hall–Kier alpha value is -3.49. The number of non-ortho nitro benzene ring substituents is 1. The molecular formula is C15H13N3O6. The Morgan fingerprint density at radius 2 is 1.83 bits per heavy atom. The molecule has 124 valence electrons. The lowest BCUT2D eigenvalue weighted by molar-refractivity contribution is -0.385. The highest BCUT2D eigenvalue weighted by atomic mass is 16.6. The third kappa shape index (κ3) is 3.29. The Bertz CT molecular complexity index is 834. The van der Waals surface area contributed by atoms with Crippen LogP contribution in [0.1, 0.15) is 15.9 Å². The average molecular weight is 331 g/mol. The van der Waals surface area contributed by atoms with Crippen molar-refractivity contribution < 1.29 is 19.4 Å². The number of nitro groups is 2. The smallest absolute Gasteiger partial charge is 0.273 e. The largest absolute Gasteiger partial charge is 0.494 e. The Morgan fingerprint density at radius 3 is 2.42 bits per heavy atom. The zero-order valence-corrected chi connectivity index (χ0v) is 12.8. The first-order valence-electron chi connectivity index (χ1n) is 6.73. The Balaban J connectivity index is 2.35. The summed E-state index contributed by atoms with van der Waals surface area (Å²) in [7, 11) is 1.31. The van der Waals surface area contributed by atoms with Crippen molar-refractivity contribution in [1.82, 2.24) is 0 Å². The van der Waals surface area contributed by atoms with E-state index in [1.807, 2.05) is 0 Å². The summed E-state index contributed by atoms with van der Waals surface area (Å²) in [5.74, 6) is -0.469. The summed E-state index contributed by atoms with van der Waals surface area (Å²) in [6, 6.07) is 7.90. The predicted octanol–water partition coefficient (Wildman–Crippen LogP) is 3.07. The quantitative estimate of drug-likeness (QED) is 0.663. The van der Waals surface area contributed by atoms with E-state index in [0.29, 0.717) is 0 Å². The molecule has 0 saturated carbocycles. The van der Waals surface area contributed by atoms with Gasteiger partial charge in [0.1, 0.15) is 5.75 Å². The summed E-state index contributed by atoms with van der Waals surface area (Å²) >= 11 is 0. The molecule has 1 amide bonds. The van der Waals surface area contributed by atoms with Crippen molar-refractivity contribution >= 4 is 23.0 Å². The van der Waals surface area contributed by atoms with E-state index >= 15 is 0 Å². The highest BCUT2D eigenvalue weighted by Crippen LogP contribution is 2.30. The molecule has 2 aromatic rings. The molecule has 24 heavy (non-hydrogen) atoms. The highest BCUT2D eigenvalue weighted by Gasteiger charge is 2.19. The number of carbonyl (C=O) groups is 1. The highest BCUT2D eigenvalue weighted by molar-refractivity contribution is 6.06. The van der Waals surface area contributed by atoms with Crippen LogP contribution in [0.4, 0.5) is 17.1 Å². The van der Waals surface area contributed by atoms with Gasteiger partial charge in [0.25, 0.3) is 17.3 Å². The van der Waals surface area contributed by atoms with Gasteiger partial charge in [-0.3, -0.25) is 25.0 Å². The zero-order valence-electron chi connectivity index (χ0n) is 12.8. The van der Waals surface area contributed by atoms with E-state index in [4.69, 9.17) is 4.74 Å². The van der Waals surface area contributed by atoms with Crippen LogP contribution >= 0.6 is 0 Å². The van der Waals surface area contributed by atoms with Gasteiger partial charge in [-0.1, -0.05) is 6.07 Å². The SMILES string of the molecule is COc1cc([N+](=O)[O-])ccc1NC(=O)c1cccc([N+](=O)[O-])c1C. The first kappa shape index (κ1) is 16.9. The van der Waals surface area contributed by atoms with Gasteiger partial charge in [0, 0.05) is 23.3 Å². The van der Waals surface area contributed by atoms with Crippen LogP contribution in [0.15, 0.2) is 36.4 Å².